The molecule has 0 aliphatic rings. The first-order valence-corrected chi connectivity index (χ1v) is 7.69. The van der Waals surface area contributed by atoms with Gasteiger partial charge >= 0.3 is 5.97 Å². The highest BCUT2D eigenvalue weighted by Gasteiger charge is 1.98. The van der Waals surface area contributed by atoms with E-state index in [4.69, 9.17) is 0 Å². The van der Waals surface area contributed by atoms with Crippen molar-refractivity contribution in [2.45, 2.75) is 51.4 Å². The molecule has 0 amide bonds. The quantitative estimate of drug-likeness (QED) is 0.199. The van der Waals surface area contributed by atoms with Gasteiger partial charge in [-0.15, -0.1) is 0 Å². The Morgan fingerprint density at radius 2 is 1.84 bits per heavy atom. The van der Waals surface area contributed by atoms with Gasteiger partial charge in [0, 0.05) is 35.4 Å². The second-order valence-electron chi connectivity index (χ2n) is 4.08. The van der Waals surface area contributed by atoms with Gasteiger partial charge in [-0.2, -0.15) is 0 Å². The van der Waals surface area contributed by atoms with Gasteiger partial charge in [0.15, 0.2) is 0 Å². The van der Waals surface area contributed by atoms with Crippen LogP contribution in [0.25, 0.3) is 0 Å². The van der Waals surface area contributed by atoms with Crippen molar-refractivity contribution in [1.82, 2.24) is 0 Å². The Kier molecular flexibility index (Phi) is 14.4. The second-order valence-corrected chi connectivity index (χ2v) is 4.62. The highest BCUT2D eigenvalue weighted by Crippen LogP contribution is 2.08. The minimum absolute atomic E-state index is 0.101. The average Bonchev–Trinajstić information content (AvgIpc) is 2.43. The largest absolute Gasteiger partial charge is 0.469 e. The molecule has 0 heterocycles. The van der Waals surface area contributed by atoms with Gasteiger partial charge in [-0.25, -0.2) is 0 Å². The molecule has 0 unspecified atom stereocenters. The fourth-order valence-electron chi connectivity index (χ4n) is 1.54. The van der Waals surface area contributed by atoms with Crippen LogP contribution in [0.4, 0.5) is 0 Å². The molecule has 0 aromatic rings. The van der Waals surface area contributed by atoms with Crippen molar-refractivity contribution >= 4 is 28.6 Å². The van der Waals surface area contributed by atoms with Gasteiger partial charge in [0.05, 0.1) is 7.11 Å². The minimum Gasteiger partial charge on any atom is -0.469 e. The smallest absolute Gasteiger partial charge is 0.305 e. The summed E-state index contributed by atoms with van der Waals surface area (Å²) >= 11 is 1.98. The SMILES string of the molecule is COC(=O)CCCCCCCC=CCC#CC#CI. The number of ether oxygens (including phenoxy) is 1. The molecule has 0 saturated carbocycles. The number of carbonyl (C=O) groups excluding carboxylic acids is 1. The number of hydrogen-bond donors (Lipinski definition) is 0. The van der Waals surface area contributed by atoms with E-state index in [0.717, 1.165) is 25.7 Å². The van der Waals surface area contributed by atoms with Crippen molar-refractivity contribution in [3.05, 3.63) is 12.2 Å². The zero-order chi connectivity index (χ0) is 14.2. The number of halogens is 1. The summed E-state index contributed by atoms with van der Waals surface area (Å²) in [7, 11) is 1.44. The first-order chi connectivity index (χ1) is 9.31. The highest BCUT2D eigenvalue weighted by atomic mass is 127. The summed E-state index contributed by atoms with van der Waals surface area (Å²) in [6.07, 6.45) is 12.4. The first-order valence-electron chi connectivity index (χ1n) is 6.61. The standard InChI is InChI=1S/C16H21IO2/c1-19-16(18)14-12-10-8-6-4-2-3-5-7-9-11-13-15-17/h3,5H,2,4,6-8,10,12,14H2,1H3. The van der Waals surface area contributed by atoms with E-state index < -0.39 is 0 Å². The maximum atomic E-state index is 10.9. The molecular formula is C16H21IO2. The average molecular weight is 372 g/mol. The summed E-state index contributed by atoms with van der Waals surface area (Å²) in [5, 5.41) is 0. The second kappa shape index (κ2) is 15.1. The van der Waals surface area contributed by atoms with Gasteiger partial charge in [0.1, 0.15) is 0 Å². The number of methoxy groups -OCH3 is 1. The van der Waals surface area contributed by atoms with Crippen LogP contribution < -0.4 is 0 Å². The number of hydrogen-bond acceptors (Lipinski definition) is 2. The third-order valence-corrected chi connectivity index (χ3v) is 2.83. The lowest BCUT2D eigenvalue weighted by atomic mass is 10.1. The normalized spacial score (nSPS) is 9.37. The molecule has 0 bridgehead atoms. The Bertz CT molecular complexity index is 377. The van der Waals surface area contributed by atoms with Crippen LogP contribution in [0.2, 0.25) is 0 Å². The van der Waals surface area contributed by atoms with E-state index in [2.05, 4.69) is 38.6 Å². The molecule has 0 atom stereocenters. The van der Waals surface area contributed by atoms with Crippen LogP contribution in [-0.2, 0) is 9.53 Å². The number of unbranched alkanes of at least 4 members (excludes halogenated alkanes) is 5. The van der Waals surface area contributed by atoms with E-state index in [1.165, 1.54) is 26.4 Å². The molecule has 0 aliphatic heterocycles. The van der Waals surface area contributed by atoms with Gasteiger partial charge in [-0.1, -0.05) is 37.3 Å². The van der Waals surface area contributed by atoms with Gasteiger partial charge in [-0.3, -0.25) is 4.79 Å². The van der Waals surface area contributed by atoms with Crippen LogP contribution >= 0.6 is 22.6 Å². The monoisotopic (exact) mass is 372 g/mol. The molecule has 0 saturated heterocycles. The fraction of sp³-hybridized carbons (Fsp3) is 0.562. The predicted molar refractivity (Wildman–Crippen MR) is 87.7 cm³/mol. The maximum Gasteiger partial charge on any atom is 0.305 e. The zero-order valence-electron chi connectivity index (χ0n) is 11.5. The first kappa shape index (κ1) is 18.1. The number of allylic oxidation sites excluding steroid dienone is 2. The molecule has 19 heavy (non-hydrogen) atoms. The summed E-state index contributed by atoms with van der Waals surface area (Å²) in [5.41, 5.74) is 0. The van der Waals surface area contributed by atoms with E-state index in [1.807, 2.05) is 22.6 Å². The molecule has 0 fully saturated rings. The molecule has 0 radical (unpaired) electrons. The van der Waals surface area contributed by atoms with Crippen molar-refractivity contribution in [2.75, 3.05) is 7.11 Å². The van der Waals surface area contributed by atoms with Crippen molar-refractivity contribution in [3.63, 3.8) is 0 Å². The summed E-state index contributed by atoms with van der Waals surface area (Å²) in [6, 6.07) is 0. The topological polar surface area (TPSA) is 26.3 Å². The van der Waals surface area contributed by atoms with Crippen molar-refractivity contribution < 1.29 is 9.53 Å². The lowest BCUT2D eigenvalue weighted by Crippen LogP contribution is -1.98. The molecule has 0 spiro atoms. The van der Waals surface area contributed by atoms with Gasteiger partial charge in [-0.05, 0) is 35.0 Å². The van der Waals surface area contributed by atoms with Crippen molar-refractivity contribution in [1.29, 1.82) is 0 Å². The molecule has 104 valence electrons. The van der Waals surface area contributed by atoms with Gasteiger partial charge < -0.3 is 4.74 Å². The molecule has 3 heteroatoms. The van der Waals surface area contributed by atoms with Gasteiger partial charge in [0.25, 0.3) is 0 Å². The molecule has 0 aromatic carbocycles. The summed E-state index contributed by atoms with van der Waals surface area (Å²) in [4.78, 5) is 10.9. The fourth-order valence-corrected chi connectivity index (χ4v) is 1.68. The van der Waals surface area contributed by atoms with Crippen LogP contribution in [0, 0.1) is 21.7 Å². The zero-order valence-corrected chi connectivity index (χ0v) is 13.7. The van der Waals surface area contributed by atoms with Gasteiger partial charge in [0.2, 0.25) is 0 Å². The van der Waals surface area contributed by atoms with Crippen molar-refractivity contribution in [3.8, 4) is 21.7 Å². The summed E-state index contributed by atoms with van der Waals surface area (Å²) in [6.45, 7) is 0. The van der Waals surface area contributed by atoms with Crippen LogP contribution in [0.1, 0.15) is 51.4 Å². The lowest BCUT2D eigenvalue weighted by Gasteiger charge is -1.99. The van der Waals surface area contributed by atoms with Crippen LogP contribution in [0.3, 0.4) is 0 Å². The molecule has 0 rings (SSSR count). The van der Waals surface area contributed by atoms with Crippen LogP contribution in [-0.4, -0.2) is 13.1 Å². The Labute approximate surface area is 130 Å². The highest BCUT2D eigenvalue weighted by molar-refractivity contribution is 14.1. The molecular weight excluding hydrogens is 351 g/mol. The summed E-state index contributed by atoms with van der Waals surface area (Å²) in [5.74, 6) is 8.33. The third-order valence-electron chi connectivity index (χ3n) is 2.56. The molecule has 2 nitrogen and oxygen atoms in total. The van der Waals surface area contributed by atoms with Crippen LogP contribution in [0.15, 0.2) is 12.2 Å². The van der Waals surface area contributed by atoms with Crippen LogP contribution in [0.5, 0.6) is 0 Å². The summed E-state index contributed by atoms with van der Waals surface area (Å²) < 4.78 is 7.30. The Hall–Kier alpha value is -0.940. The predicted octanol–water partition coefficient (Wildman–Crippen LogP) is 4.24. The van der Waals surface area contributed by atoms with E-state index in [9.17, 15) is 4.79 Å². The Morgan fingerprint density at radius 3 is 2.58 bits per heavy atom. The molecule has 0 aromatic heterocycles. The third kappa shape index (κ3) is 15.0. The lowest BCUT2D eigenvalue weighted by molar-refractivity contribution is -0.140. The Morgan fingerprint density at radius 1 is 1.11 bits per heavy atom. The number of rotatable bonds is 9. The maximum absolute atomic E-state index is 10.9. The number of carbonyl (C=O) groups is 1. The van der Waals surface area contributed by atoms with E-state index in [-0.39, 0.29) is 5.97 Å². The molecule has 0 aliphatic carbocycles. The van der Waals surface area contributed by atoms with Crippen molar-refractivity contribution in [2.24, 2.45) is 0 Å². The molecule has 0 N–H and O–H groups in total. The number of esters is 1. The van der Waals surface area contributed by atoms with E-state index in [0.29, 0.717) is 6.42 Å². The van der Waals surface area contributed by atoms with E-state index >= 15 is 0 Å². The van der Waals surface area contributed by atoms with E-state index in [1.54, 1.807) is 0 Å². The minimum atomic E-state index is -0.101. The Balaban J connectivity index is 3.27.